The first-order valence-electron chi connectivity index (χ1n) is 12.4. The number of carbonyl (C=O) groups is 3. The fourth-order valence-electron chi connectivity index (χ4n) is 5.12. The van der Waals surface area contributed by atoms with Crippen LogP contribution in [0.2, 0.25) is 0 Å². The van der Waals surface area contributed by atoms with Gasteiger partial charge < -0.3 is 20.7 Å². The SMILES string of the molecule is CC(C)(C)OC(=O)NCc1ccc(NC(=O)C23CCC(C(=O)Nc4ccc(Br)cc4)(CC2)CC3)cc1. The summed E-state index contributed by atoms with van der Waals surface area (Å²) in [5.41, 5.74) is 1.08. The van der Waals surface area contributed by atoms with Crippen LogP contribution in [0.15, 0.2) is 53.0 Å². The Kier molecular flexibility index (Phi) is 7.46. The first-order chi connectivity index (χ1) is 17.0. The number of ether oxygens (including phenoxy) is 1. The van der Waals surface area contributed by atoms with E-state index in [1.165, 1.54) is 0 Å². The van der Waals surface area contributed by atoms with Crippen LogP contribution in [0, 0.1) is 10.8 Å². The van der Waals surface area contributed by atoms with Gasteiger partial charge in [-0.1, -0.05) is 28.1 Å². The van der Waals surface area contributed by atoms with E-state index in [2.05, 4.69) is 31.9 Å². The van der Waals surface area contributed by atoms with Crippen LogP contribution in [0.3, 0.4) is 0 Å². The van der Waals surface area contributed by atoms with Crippen molar-refractivity contribution in [2.75, 3.05) is 10.6 Å². The van der Waals surface area contributed by atoms with Crippen LogP contribution in [0.5, 0.6) is 0 Å². The van der Waals surface area contributed by atoms with Gasteiger partial charge in [0.25, 0.3) is 0 Å². The van der Waals surface area contributed by atoms with Crippen LogP contribution in [0.1, 0.15) is 64.9 Å². The molecule has 0 unspecified atom stereocenters. The molecule has 0 spiro atoms. The van der Waals surface area contributed by atoms with Gasteiger partial charge in [0.05, 0.1) is 0 Å². The second kappa shape index (κ2) is 10.2. The molecule has 3 saturated carbocycles. The molecule has 0 aliphatic heterocycles. The highest BCUT2D eigenvalue weighted by Gasteiger charge is 2.55. The zero-order valence-corrected chi connectivity index (χ0v) is 22.7. The Bertz CT molecular complexity index is 1100. The summed E-state index contributed by atoms with van der Waals surface area (Å²) in [6.45, 7) is 5.81. The second-order valence-corrected chi connectivity index (χ2v) is 11.9. The Morgan fingerprint density at radius 3 is 1.61 bits per heavy atom. The minimum absolute atomic E-state index is 0.0312. The van der Waals surface area contributed by atoms with Crippen molar-refractivity contribution in [3.8, 4) is 0 Å². The van der Waals surface area contributed by atoms with E-state index in [1.807, 2.05) is 69.3 Å². The topological polar surface area (TPSA) is 96.5 Å². The molecule has 3 amide bonds. The molecule has 3 fully saturated rings. The molecule has 0 atom stereocenters. The van der Waals surface area contributed by atoms with Crippen LogP contribution >= 0.6 is 15.9 Å². The monoisotopic (exact) mass is 555 g/mol. The lowest BCUT2D eigenvalue weighted by atomic mass is 9.53. The molecule has 0 aromatic heterocycles. The minimum atomic E-state index is -0.543. The largest absolute Gasteiger partial charge is 0.444 e. The highest BCUT2D eigenvalue weighted by Crippen LogP contribution is 2.57. The molecule has 2 aromatic carbocycles. The van der Waals surface area contributed by atoms with Crippen LogP contribution in [0.25, 0.3) is 0 Å². The van der Waals surface area contributed by atoms with E-state index < -0.39 is 22.5 Å². The maximum Gasteiger partial charge on any atom is 0.407 e. The van der Waals surface area contributed by atoms with E-state index in [4.69, 9.17) is 4.74 Å². The molecule has 3 N–H and O–H groups in total. The maximum atomic E-state index is 13.3. The first-order valence-corrected chi connectivity index (χ1v) is 13.2. The van der Waals surface area contributed by atoms with E-state index in [0.717, 1.165) is 40.7 Å². The van der Waals surface area contributed by atoms with Gasteiger partial charge in [-0.15, -0.1) is 0 Å². The third-order valence-corrected chi connectivity index (χ3v) is 7.89. The first kappa shape index (κ1) is 26.2. The number of hydrogen-bond acceptors (Lipinski definition) is 4. The fourth-order valence-corrected chi connectivity index (χ4v) is 5.39. The smallest absolute Gasteiger partial charge is 0.407 e. The van der Waals surface area contributed by atoms with E-state index in [-0.39, 0.29) is 11.8 Å². The minimum Gasteiger partial charge on any atom is -0.444 e. The van der Waals surface area contributed by atoms with Gasteiger partial charge in [0.15, 0.2) is 0 Å². The van der Waals surface area contributed by atoms with E-state index in [0.29, 0.717) is 25.8 Å². The average Bonchev–Trinajstić information content (AvgIpc) is 2.85. The van der Waals surface area contributed by atoms with Gasteiger partial charge in [0.1, 0.15) is 5.60 Å². The fraction of sp³-hybridized carbons (Fsp3) is 0.464. The van der Waals surface area contributed by atoms with Crippen LogP contribution in [0.4, 0.5) is 16.2 Å². The predicted octanol–water partition coefficient (Wildman–Crippen LogP) is 6.39. The van der Waals surface area contributed by atoms with Gasteiger partial charge >= 0.3 is 6.09 Å². The Hall–Kier alpha value is -2.87. The molecule has 0 radical (unpaired) electrons. The molecule has 5 rings (SSSR count). The summed E-state index contributed by atoms with van der Waals surface area (Å²) < 4.78 is 6.22. The lowest BCUT2D eigenvalue weighted by Crippen LogP contribution is -2.52. The number of anilines is 2. The molecular formula is C28H34BrN3O4. The van der Waals surface area contributed by atoms with Gasteiger partial charge in [-0.05, 0) is 101 Å². The number of nitrogens with one attached hydrogen (secondary N) is 3. The van der Waals surface area contributed by atoms with Crippen molar-refractivity contribution in [1.82, 2.24) is 5.32 Å². The quantitative estimate of drug-likeness (QED) is 0.384. The molecule has 0 saturated heterocycles. The summed E-state index contributed by atoms with van der Waals surface area (Å²) in [4.78, 5) is 38.3. The number of carbonyl (C=O) groups excluding carboxylic acids is 3. The molecule has 2 aromatic rings. The summed E-state index contributed by atoms with van der Waals surface area (Å²) in [7, 11) is 0. The molecule has 8 heteroatoms. The van der Waals surface area contributed by atoms with Crippen molar-refractivity contribution in [2.45, 2.75) is 71.4 Å². The summed E-state index contributed by atoms with van der Waals surface area (Å²) in [5, 5.41) is 8.89. The lowest BCUT2D eigenvalue weighted by molar-refractivity contribution is -0.144. The number of benzene rings is 2. The number of rotatable bonds is 6. The summed E-state index contributed by atoms with van der Waals surface area (Å²) in [6, 6.07) is 15.1. The summed E-state index contributed by atoms with van der Waals surface area (Å²) in [6.07, 6.45) is 3.84. The number of amides is 3. The van der Waals surface area contributed by atoms with E-state index in [9.17, 15) is 14.4 Å². The van der Waals surface area contributed by atoms with Crippen molar-refractivity contribution in [3.05, 3.63) is 58.6 Å². The molecular weight excluding hydrogens is 522 g/mol. The molecule has 7 nitrogen and oxygen atoms in total. The molecule has 36 heavy (non-hydrogen) atoms. The van der Waals surface area contributed by atoms with Crippen molar-refractivity contribution in [1.29, 1.82) is 0 Å². The highest BCUT2D eigenvalue weighted by molar-refractivity contribution is 9.10. The lowest BCUT2D eigenvalue weighted by Gasteiger charge is -2.51. The zero-order valence-electron chi connectivity index (χ0n) is 21.1. The average molecular weight is 557 g/mol. The Morgan fingerprint density at radius 2 is 1.19 bits per heavy atom. The van der Waals surface area contributed by atoms with Crippen molar-refractivity contribution in [3.63, 3.8) is 0 Å². The summed E-state index contributed by atoms with van der Waals surface area (Å²) >= 11 is 3.42. The normalized spacial score (nSPS) is 23.0. The Morgan fingerprint density at radius 1 is 0.778 bits per heavy atom. The molecule has 0 heterocycles. The Labute approximate surface area is 220 Å². The van der Waals surface area contributed by atoms with Gasteiger partial charge in [-0.2, -0.15) is 0 Å². The second-order valence-electron chi connectivity index (χ2n) is 11.0. The van der Waals surface area contributed by atoms with Gasteiger partial charge in [0.2, 0.25) is 11.8 Å². The van der Waals surface area contributed by atoms with Crippen LogP contribution < -0.4 is 16.0 Å². The van der Waals surface area contributed by atoms with Crippen molar-refractivity contribution in [2.24, 2.45) is 10.8 Å². The van der Waals surface area contributed by atoms with Crippen LogP contribution in [-0.2, 0) is 20.9 Å². The molecule has 3 aliphatic carbocycles. The van der Waals surface area contributed by atoms with E-state index >= 15 is 0 Å². The molecule has 3 aliphatic rings. The number of halogens is 1. The van der Waals surface area contributed by atoms with Gasteiger partial charge in [0, 0.05) is 33.2 Å². The van der Waals surface area contributed by atoms with Gasteiger partial charge in [-0.25, -0.2) is 4.79 Å². The van der Waals surface area contributed by atoms with Gasteiger partial charge in [-0.3, -0.25) is 9.59 Å². The number of fused-ring (bicyclic) bond motifs is 3. The third kappa shape index (κ3) is 6.09. The van der Waals surface area contributed by atoms with Crippen molar-refractivity contribution >= 4 is 45.2 Å². The van der Waals surface area contributed by atoms with E-state index in [1.54, 1.807) is 0 Å². The zero-order chi connectivity index (χ0) is 26.0. The standard InChI is InChI=1S/C28H34BrN3O4/c1-26(2,3)36-25(35)30-18-19-4-8-21(9-5-19)31-23(33)27-12-15-28(16-13-27,17-14-27)24(34)32-22-10-6-20(29)7-11-22/h4-11H,12-18H2,1-3H3,(H,30,35)(H,31,33)(H,32,34). The predicted molar refractivity (Wildman–Crippen MR) is 143 cm³/mol. The summed E-state index contributed by atoms with van der Waals surface area (Å²) in [5.74, 6) is 0.0952. The van der Waals surface area contributed by atoms with Crippen molar-refractivity contribution < 1.29 is 19.1 Å². The molecule has 2 bridgehead atoms. The maximum absolute atomic E-state index is 13.3. The highest BCUT2D eigenvalue weighted by atomic mass is 79.9. The molecule has 192 valence electrons. The number of alkyl carbamates (subject to hydrolysis) is 1. The Balaban J connectivity index is 1.29. The number of hydrogen-bond donors (Lipinski definition) is 3. The van der Waals surface area contributed by atoms with Crippen LogP contribution in [-0.4, -0.2) is 23.5 Å². The third-order valence-electron chi connectivity index (χ3n) is 7.36.